The van der Waals surface area contributed by atoms with E-state index in [0.717, 1.165) is 11.1 Å². The molecule has 6 heteroatoms. The van der Waals surface area contributed by atoms with Crippen molar-refractivity contribution in [1.29, 1.82) is 0 Å². The predicted molar refractivity (Wildman–Crippen MR) is 91.9 cm³/mol. The number of aliphatic hydroxyl groups excluding tert-OH is 2. The fraction of sp³-hybridized carbons (Fsp3) is 0.400. The summed E-state index contributed by atoms with van der Waals surface area (Å²) < 4.78 is 23.1. The summed E-state index contributed by atoms with van der Waals surface area (Å²) in [4.78, 5) is 0. The first-order valence-electron chi connectivity index (χ1n) is 8.71. The highest BCUT2D eigenvalue weighted by atomic mass is 16.8. The quantitative estimate of drug-likeness (QED) is 0.867. The number of hydrogen-bond donors (Lipinski definition) is 2. The average Bonchev–Trinajstić information content (AvgIpc) is 2.71. The van der Waals surface area contributed by atoms with Crippen LogP contribution in [0, 0.1) is 0 Å². The molecule has 0 aliphatic carbocycles. The molecule has 0 amide bonds. The number of fused-ring (bicyclic) bond motifs is 1. The summed E-state index contributed by atoms with van der Waals surface area (Å²) in [6.45, 7) is 0.528. The molecule has 26 heavy (non-hydrogen) atoms. The van der Waals surface area contributed by atoms with Crippen molar-refractivity contribution in [3.05, 3.63) is 71.8 Å². The Bertz CT molecular complexity index is 692. The van der Waals surface area contributed by atoms with Gasteiger partial charge in [-0.25, -0.2) is 0 Å². The summed E-state index contributed by atoms with van der Waals surface area (Å²) in [5, 5.41) is 20.9. The topological polar surface area (TPSA) is 77.4 Å². The maximum absolute atomic E-state index is 10.5. The molecule has 0 saturated carbocycles. The second-order valence-corrected chi connectivity index (χ2v) is 6.50. The van der Waals surface area contributed by atoms with Gasteiger partial charge >= 0.3 is 0 Å². The van der Waals surface area contributed by atoms with Crippen molar-refractivity contribution in [3.8, 4) is 0 Å². The Hall–Kier alpha value is -1.80. The zero-order chi connectivity index (χ0) is 17.9. The highest BCUT2D eigenvalue weighted by Gasteiger charge is 2.49. The summed E-state index contributed by atoms with van der Waals surface area (Å²) >= 11 is 0. The average molecular weight is 358 g/mol. The van der Waals surface area contributed by atoms with Crippen LogP contribution in [0.3, 0.4) is 0 Å². The number of benzene rings is 2. The van der Waals surface area contributed by atoms with Crippen molar-refractivity contribution in [1.82, 2.24) is 0 Å². The normalized spacial score (nSPS) is 34.2. The highest BCUT2D eigenvalue weighted by molar-refractivity contribution is 5.17. The summed E-state index contributed by atoms with van der Waals surface area (Å²) in [7, 11) is 0. The Morgan fingerprint density at radius 2 is 1.58 bits per heavy atom. The van der Waals surface area contributed by atoms with E-state index in [1.807, 2.05) is 60.7 Å². The van der Waals surface area contributed by atoms with Gasteiger partial charge in [-0.2, -0.15) is 0 Å². The Balaban J connectivity index is 1.40. The third-order valence-corrected chi connectivity index (χ3v) is 4.66. The first-order valence-corrected chi connectivity index (χ1v) is 8.71. The van der Waals surface area contributed by atoms with Gasteiger partial charge in [-0.3, -0.25) is 0 Å². The van der Waals surface area contributed by atoms with Gasteiger partial charge in [0.1, 0.15) is 24.4 Å². The molecule has 2 saturated heterocycles. The van der Waals surface area contributed by atoms with E-state index < -0.39 is 37.0 Å². The van der Waals surface area contributed by atoms with Crippen LogP contribution in [0.5, 0.6) is 0 Å². The molecular formula is C20H22O6. The molecule has 6 atom stereocenters. The molecule has 0 radical (unpaired) electrons. The van der Waals surface area contributed by atoms with E-state index in [1.54, 1.807) is 0 Å². The van der Waals surface area contributed by atoms with Crippen molar-refractivity contribution in [2.24, 2.45) is 0 Å². The minimum Gasteiger partial charge on any atom is -0.387 e. The second-order valence-electron chi connectivity index (χ2n) is 6.50. The Morgan fingerprint density at radius 3 is 2.31 bits per heavy atom. The third kappa shape index (κ3) is 3.66. The fourth-order valence-electron chi connectivity index (χ4n) is 3.25. The van der Waals surface area contributed by atoms with Crippen LogP contribution in [0.4, 0.5) is 0 Å². The van der Waals surface area contributed by atoms with Crippen LogP contribution in [-0.2, 0) is 25.6 Å². The summed E-state index contributed by atoms with van der Waals surface area (Å²) in [6, 6.07) is 19.1. The lowest BCUT2D eigenvalue weighted by atomic mass is 9.98. The van der Waals surface area contributed by atoms with Crippen LogP contribution < -0.4 is 0 Å². The van der Waals surface area contributed by atoms with E-state index in [-0.39, 0.29) is 13.2 Å². The fourth-order valence-corrected chi connectivity index (χ4v) is 3.25. The number of ether oxygens (including phenoxy) is 4. The molecule has 0 bridgehead atoms. The standard InChI is InChI=1S/C20H22O6/c21-16-17(22)20(23-11-13-7-3-1-4-8-13)25-15-12-24-19(26-18(15)16)14-9-5-2-6-10-14/h1-10,15-22H,11-12H2/t15-,16-,17+,18+,19-,20-/m1/s1. The molecule has 4 rings (SSSR count). The van der Waals surface area contributed by atoms with Gasteiger partial charge in [0.15, 0.2) is 12.6 Å². The molecule has 2 aromatic carbocycles. The van der Waals surface area contributed by atoms with Crippen LogP contribution in [0.1, 0.15) is 17.4 Å². The highest BCUT2D eigenvalue weighted by Crippen LogP contribution is 2.34. The first-order chi connectivity index (χ1) is 12.7. The maximum Gasteiger partial charge on any atom is 0.187 e. The molecule has 2 aliphatic heterocycles. The molecule has 6 nitrogen and oxygen atoms in total. The smallest absolute Gasteiger partial charge is 0.187 e. The molecule has 138 valence electrons. The Labute approximate surface area is 151 Å². The van der Waals surface area contributed by atoms with Crippen molar-refractivity contribution >= 4 is 0 Å². The van der Waals surface area contributed by atoms with E-state index in [0.29, 0.717) is 0 Å². The molecule has 2 aromatic rings. The van der Waals surface area contributed by atoms with Crippen LogP contribution in [0.15, 0.2) is 60.7 Å². The largest absolute Gasteiger partial charge is 0.387 e. The Kier molecular flexibility index (Phi) is 5.31. The second kappa shape index (κ2) is 7.84. The SMILES string of the molecule is O[C@@H]1[C@H](OCc2ccccc2)O[C@@H]2CO[C@@H](c3ccccc3)O[C@@H]2[C@@H]1O. The monoisotopic (exact) mass is 358 g/mol. The van der Waals surface area contributed by atoms with Gasteiger partial charge < -0.3 is 29.2 Å². The van der Waals surface area contributed by atoms with Crippen LogP contribution >= 0.6 is 0 Å². The van der Waals surface area contributed by atoms with Crippen molar-refractivity contribution in [3.63, 3.8) is 0 Å². The van der Waals surface area contributed by atoms with Gasteiger partial charge in [-0.05, 0) is 5.56 Å². The molecule has 0 aromatic heterocycles. The van der Waals surface area contributed by atoms with Crippen molar-refractivity contribution in [2.75, 3.05) is 6.61 Å². The van der Waals surface area contributed by atoms with Gasteiger partial charge in [-0.15, -0.1) is 0 Å². The number of aliphatic hydroxyl groups is 2. The lowest BCUT2D eigenvalue weighted by Crippen LogP contribution is -2.62. The minimum atomic E-state index is -1.20. The van der Waals surface area contributed by atoms with Gasteiger partial charge in [0.05, 0.1) is 13.2 Å². The molecular weight excluding hydrogens is 336 g/mol. The molecule has 2 heterocycles. The molecule has 2 aliphatic rings. The van der Waals surface area contributed by atoms with Crippen LogP contribution in [-0.4, -0.2) is 47.5 Å². The summed E-state index contributed by atoms with van der Waals surface area (Å²) in [5.74, 6) is 0. The Morgan fingerprint density at radius 1 is 0.885 bits per heavy atom. The van der Waals surface area contributed by atoms with E-state index >= 15 is 0 Å². The van der Waals surface area contributed by atoms with Gasteiger partial charge in [-0.1, -0.05) is 60.7 Å². The first kappa shape index (κ1) is 17.6. The lowest BCUT2D eigenvalue weighted by molar-refractivity contribution is -0.362. The summed E-state index contributed by atoms with van der Waals surface area (Å²) in [5.41, 5.74) is 1.82. The number of hydrogen-bond acceptors (Lipinski definition) is 6. The predicted octanol–water partition coefficient (Wildman–Crippen LogP) is 1.76. The van der Waals surface area contributed by atoms with Crippen LogP contribution in [0.25, 0.3) is 0 Å². The number of rotatable bonds is 4. The maximum atomic E-state index is 10.5. The lowest BCUT2D eigenvalue weighted by Gasteiger charge is -2.46. The van der Waals surface area contributed by atoms with E-state index in [2.05, 4.69) is 0 Å². The van der Waals surface area contributed by atoms with Crippen LogP contribution in [0.2, 0.25) is 0 Å². The van der Waals surface area contributed by atoms with E-state index in [4.69, 9.17) is 18.9 Å². The van der Waals surface area contributed by atoms with Crippen molar-refractivity contribution < 1.29 is 29.2 Å². The minimum absolute atomic E-state index is 0.249. The van der Waals surface area contributed by atoms with Gasteiger partial charge in [0.2, 0.25) is 0 Å². The van der Waals surface area contributed by atoms with E-state index in [9.17, 15) is 10.2 Å². The zero-order valence-corrected chi connectivity index (χ0v) is 14.2. The molecule has 0 unspecified atom stereocenters. The third-order valence-electron chi connectivity index (χ3n) is 4.66. The van der Waals surface area contributed by atoms with Gasteiger partial charge in [0.25, 0.3) is 0 Å². The van der Waals surface area contributed by atoms with Crippen molar-refractivity contribution in [2.45, 2.75) is 43.6 Å². The molecule has 2 fully saturated rings. The molecule has 2 N–H and O–H groups in total. The zero-order valence-electron chi connectivity index (χ0n) is 14.2. The van der Waals surface area contributed by atoms with Gasteiger partial charge in [0, 0.05) is 5.56 Å². The van der Waals surface area contributed by atoms with E-state index in [1.165, 1.54) is 0 Å². The molecule has 0 spiro atoms. The summed E-state index contributed by atoms with van der Waals surface area (Å²) in [6.07, 6.45) is -5.04.